The molecule has 0 spiro atoms. The zero-order valence-electron chi connectivity index (χ0n) is 11.7. The van der Waals surface area contributed by atoms with Crippen LogP contribution in [0.4, 0.5) is 4.79 Å². The molecule has 3 N–H and O–H groups in total. The number of amides is 2. The molecule has 1 unspecified atom stereocenters. The second-order valence-electron chi connectivity index (χ2n) is 5.51. The van der Waals surface area contributed by atoms with Crippen LogP contribution in [0.3, 0.4) is 0 Å². The first-order chi connectivity index (χ1) is 9.60. The molecule has 2 heterocycles. The third-order valence-electron chi connectivity index (χ3n) is 4.04. The number of nitrogens with zero attached hydrogens (tertiary/aromatic N) is 2. The summed E-state index contributed by atoms with van der Waals surface area (Å²) in [4.78, 5) is 26.5. The fourth-order valence-electron chi connectivity index (χ4n) is 2.80. The van der Waals surface area contributed by atoms with Crippen molar-refractivity contribution in [1.82, 2.24) is 9.80 Å². The van der Waals surface area contributed by atoms with E-state index in [9.17, 15) is 9.59 Å². The maximum absolute atomic E-state index is 12.3. The topological polar surface area (TPSA) is 96.1 Å². The number of urea groups is 1. The van der Waals surface area contributed by atoms with Gasteiger partial charge in [0, 0.05) is 26.2 Å². The van der Waals surface area contributed by atoms with Crippen LogP contribution in [0.15, 0.2) is 0 Å². The van der Waals surface area contributed by atoms with Gasteiger partial charge in [-0.3, -0.25) is 0 Å². The van der Waals surface area contributed by atoms with E-state index >= 15 is 0 Å². The van der Waals surface area contributed by atoms with Crippen molar-refractivity contribution in [2.75, 3.05) is 39.3 Å². The summed E-state index contributed by atoms with van der Waals surface area (Å²) in [6, 6.07) is 0.0811. The molecule has 20 heavy (non-hydrogen) atoms. The predicted octanol–water partition coefficient (Wildman–Crippen LogP) is -0.0474. The van der Waals surface area contributed by atoms with Gasteiger partial charge in [0.1, 0.15) is 6.61 Å². The standard InChI is InChI=1S/C13H23N3O4/c14-7-10-1-4-16(8-10)13(19)15-5-2-11(3-6-15)20-9-12(17)18/h10-11H,1-9,14H2,(H,17,18). The second kappa shape index (κ2) is 6.90. The van der Waals surface area contributed by atoms with Gasteiger partial charge in [-0.05, 0) is 31.7 Å². The Bertz CT molecular complexity index is 356. The normalized spacial score (nSPS) is 24.1. The van der Waals surface area contributed by atoms with Crippen LogP contribution in [0.1, 0.15) is 19.3 Å². The van der Waals surface area contributed by atoms with Crippen LogP contribution in [0, 0.1) is 5.92 Å². The van der Waals surface area contributed by atoms with Crippen molar-refractivity contribution in [2.45, 2.75) is 25.4 Å². The average molecular weight is 285 g/mol. The van der Waals surface area contributed by atoms with Crippen molar-refractivity contribution in [3.05, 3.63) is 0 Å². The maximum atomic E-state index is 12.3. The van der Waals surface area contributed by atoms with Gasteiger partial charge >= 0.3 is 12.0 Å². The lowest BCUT2D eigenvalue weighted by molar-refractivity contribution is -0.145. The molecule has 1 atom stereocenters. The van der Waals surface area contributed by atoms with E-state index < -0.39 is 5.97 Å². The third kappa shape index (κ3) is 3.83. The van der Waals surface area contributed by atoms with Crippen molar-refractivity contribution in [1.29, 1.82) is 0 Å². The van der Waals surface area contributed by atoms with Crippen molar-refractivity contribution in [3.63, 3.8) is 0 Å². The summed E-state index contributed by atoms with van der Waals surface area (Å²) in [5.74, 6) is -0.524. The van der Waals surface area contributed by atoms with E-state index in [1.807, 2.05) is 9.80 Å². The number of piperidine rings is 1. The third-order valence-corrected chi connectivity index (χ3v) is 4.04. The number of nitrogens with two attached hydrogens (primary N) is 1. The van der Waals surface area contributed by atoms with E-state index in [1.54, 1.807) is 0 Å². The molecule has 2 amide bonds. The summed E-state index contributed by atoms with van der Waals surface area (Å²) in [7, 11) is 0. The Labute approximate surface area is 118 Å². The van der Waals surface area contributed by atoms with Crippen LogP contribution < -0.4 is 5.73 Å². The SMILES string of the molecule is NCC1CCN(C(=O)N2CCC(OCC(=O)O)CC2)C1. The molecule has 2 saturated heterocycles. The van der Waals surface area contributed by atoms with Crippen LogP contribution in [0.25, 0.3) is 0 Å². The van der Waals surface area contributed by atoms with Crippen molar-refractivity contribution in [3.8, 4) is 0 Å². The largest absolute Gasteiger partial charge is 0.480 e. The number of hydrogen-bond acceptors (Lipinski definition) is 4. The molecule has 2 rings (SSSR count). The molecule has 0 radical (unpaired) electrons. The Morgan fingerprint density at radius 1 is 1.15 bits per heavy atom. The molecule has 114 valence electrons. The van der Waals surface area contributed by atoms with Gasteiger partial charge in [0.2, 0.25) is 0 Å². The molecule has 2 aliphatic rings. The Hall–Kier alpha value is -1.34. The van der Waals surface area contributed by atoms with Gasteiger partial charge < -0.3 is 25.4 Å². The lowest BCUT2D eigenvalue weighted by Gasteiger charge is -2.34. The predicted molar refractivity (Wildman–Crippen MR) is 72.3 cm³/mol. The smallest absolute Gasteiger partial charge is 0.329 e. The fourth-order valence-corrected chi connectivity index (χ4v) is 2.80. The zero-order valence-corrected chi connectivity index (χ0v) is 11.7. The Morgan fingerprint density at radius 3 is 2.35 bits per heavy atom. The highest BCUT2D eigenvalue weighted by molar-refractivity contribution is 5.74. The molecule has 0 bridgehead atoms. The highest BCUT2D eigenvalue weighted by Crippen LogP contribution is 2.20. The van der Waals surface area contributed by atoms with Crippen LogP contribution >= 0.6 is 0 Å². The van der Waals surface area contributed by atoms with Gasteiger partial charge in [0.25, 0.3) is 0 Å². The summed E-state index contributed by atoms with van der Waals surface area (Å²) >= 11 is 0. The van der Waals surface area contributed by atoms with E-state index in [0.717, 1.165) is 19.5 Å². The molecule has 0 aliphatic carbocycles. The molecular weight excluding hydrogens is 262 g/mol. The van der Waals surface area contributed by atoms with Crippen molar-refractivity contribution >= 4 is 12.0 Å². The van der Waals surface area contributed by atoms with E-state index in [4.69, 9.17) is 15.6 Å². The first-order valence-electron chi connectivity index (χ1n) is 7.17. The molecule has 7 nitrogen and oxygen atoms in total. The van der Waals surface area contributed by atoms with Crippen LogP contribution in [0.2, 0.25) is 0 Å². The first-order valence-corrected chi connectivity index (χ1v) is 7.17. The van der Waals surface area contributed by atoms with Crippen molar-refractivity contribution in [2.24, 2.45) is 11.7 Å². The minimum Gasteiger partial charge on any atom is -0.480 e. The molecule has 0 saturated carbocycles. The van der Waals surface area contributed by atoms with E-state index in [-0.39, 0.29) is 18.7 Å². The maximum Gasteiger partial charge on any atom is 0.329 e. The van der Waals surface area contributed by atoms with E-state index in [0.29, 0.717) is 38.4 Å². The first kappa shape index (κ1) is 15.1. The fraction of sp³-hybridized carbons (Fsp3) is 0.846. The van der Waals surface area contributed by atoms with Gasteiger partial charge in [0.15, 0.2) is 0 Å². The van der Waals surface area contributed by atoms with Crippen LogP contribution in [-0.4, -0.2) is 72.3 Å². The minimum absolute atomic E-state index is 0.0504. The summed E-state index contributed by atoms with van der Waals surface area (Å²) in [6.07, 6.45) is 2.34. The van der Waals surface area contributed by atoms with Gasteiger partial charge in [-0.15, -0.1) is 0 Å². The number of likely N-dealkylation sites (tertiary alicyclic amines) is 2. The minimum atomic E-state index is -0.951. The van der Waals surface area contributed by atoms with Crippen molar-refractivity contribution < 1.29 is 19.4 Å². The average Bonchev–Trinajstić information content (AvgIpc) is 2.94. The number of carbonyl (C=O) groups is 2. The highest BCUT2D eigenvalue weighted by Gasteiger charge is 2.31. The Balaban J connectivity index is 1.73. The number of carboxylic acids is 1. The Kier molecular flexibility index (Phi) is 5.19. The Morgan fingerprint density at radius 2 is 1.80 bits per heavy atom. The molecule has 7 heteroatoms. The van der Waals surface area contributed by atoms with Gasteiger partial charge in [0.05, 0.1) is 6.10 Å². The number of ether oxygens (including phenoxy) is 1. The summed E-state index contributed by atoms with van der Waals surface area (Å²) in [5, 5.41) is 8.57. The molecular formula is C13H23N3O4. The second-order valence-corrected chi connectivity index (χ2v) is 5.51. The number of hydrogen-bond donors (Lipinski definition) is 2. The lowest BCUT2D eigenvalue weighted by Crippen LogP contribution is -2.47. The summed E-state index contributed by atoms with van der Waals surface area (Å²) in [5.41, 5.74) is 5.63. The molecule has 2 fully saturated rings. The molecule has 0 aromatic heterocycles. The van der Waals surface area contributed by atoms with Crippen LogP contribution in [0.5, 0.6) is 0 Å². The monoisotopic (exact) mass is 285 g/mol. The number of carboxylic acid groups (broad SMARTS) is 1. The molecule has 0 aromatic rings. The van der Waals surface area contributed by atoms with Gasteiger partial charge in [-0.2, -0.15) is 0 Å². The summed E-state index contributed by atoms with van der Waals surface area (Å²) < 4.78 is 5.26. The van der Waals surface area contributed by atoms with Crippen LogP contribution in [-0.2, 0) is 9.53 Å². The van der Waals surface area contributed by atoms with Gasteiger partial charge in [-0.25, -0.2) is 9.59 Å². The lowest BCUT2D eigenvalue weighted by atomic mass is 10.1. The summed E-state index contributed by atoms with van der Waals surface area (Å²) in [6.45, 7) is 3.18. The quantitative estimate of drug-likeness (QED) is 0.755. The van der Waals surface area contributed by atoms with Gasteiger partial charge in [-0.1, -0.05) is 0 Å². The van der Waals surface area contributed by atoms with E-state index in [2.05, 4.69) is 0 Å². The number of rotatable bonds is 4. The number of aliphatic carboxylic acids is 1. The molecule has 2 aliphatic heterocycles. The number of carbonyl (C=O) groups excluding carboxylic acids is 1. The van der Waals surface area contributed by atoms with E-state index in [1.165, 1.54) is 0 Å². The molecule has 0 aromatic carbocycles. The zero-order chi connectivity index (χ0) is 14.5. The highest BCUT2D eigenvalue weighted by atomic mass is 16.5.